The van der Waals surface area contributed by atoms with Crippen molar-refractivity contribution in [1.29, 1.82) is 0 Å². The molecule has 0 aliphatic carbocycles. The van der Waals surface area contributed by atoms with Crippen molar-refractivity contribution in [3.05, 3.63) is 83.8 Å². The van der Waals surface area contributed by atoms with E-state index in [2.05, 4.69) is 20.4 Å². The molecule has 152 valence electrons. The van der Waals surface area contributed by atoms with Crippen LogP contribution in [0.1, 0.15) is 34.8 Å². The van der Waals surface area contributed by atoms with Gasteiger partial charge in [0.1, 0.15) is 0 Å². The zero-order valence-electron chi connectivity index (χ0n) is 15.8. The highest BCUT2D eigenvalue weighted by Crippen LogP contribution is 2.31. The first-order chi connectivity index (χ1) is 14.3. The second kappa shape index (κ2) is 7.58. The molecule has 0 unspecified atom stereocenters. The first kappa shape index (κ1) is 19.6. The van der Waals surface area contributed by atoms with Crippen molar-refractivity contribution in [2.75, 3.05) is 0 Å². The SMILES string of the molecule is C[C@H](NC(=O)c1nc2nc(-c3ccccc3)cc(C(F)(F)F)n2n1)c1ccccc1. The van der Waals surface area contributed by atoms with Gasteiger partial charge in [-0.25, -0.2) is 4.98 Å². The van der Waals surface area contributed by atoms with Crippen LogP contribution >= 0.6 is 0 Å². The van der Waals surface area contributed by atoms with Crippen LogP contribution in [-0.4, -0.2) is 25.5 Å². The van der Waals surface area contributed by atoms with Gasteiger partial charge < -0.3 is 5.32 Å². The van der Waals surface area contributed by atoms with Crippen LogP contribution in [0.25, 0.3) is 17.0 Å². The Morgan fingerprint density at radius 3 is 2.27 bits per heavy atom. The Hall–Kier alpha value is -3.75. The molecular weight excluding hydrogens is 395 g/mol. The summed E-state index contributed by atoms with van der Waals surface area (Å²) in [6.07, 6.45) is -4.70. The van der Waals surface area contributed by atoms with Gasteiger partial charge in [-0.05, 0) is 18.6 Å². The van der Waals surface area contributed by atoms with Crippen molar-refractivity contribution < 1.29 is 18.0 Å². The number of nitrogens with zero attached hydrogens (tertiary/aromatic N) is 4. The number of nitrogens with one attached hydrogen (secondary N) is 1. The number of halogens is 3. The molecule has 1 atom stereocenters. The van der Waals surface area contributed by atoms with Gasteiger partial charge in [0, 0.05) is 5.56 Å². The molecule has 6 nitrogen and oxygen atoms in total. The number of aromatic nitrogens is 4. The van der Waals surface area contributed by atoms with Gasteiger partial charge >= 0.3 is 6.18 Å². The molecule has 2 aromatic heterocycles. The second-order valence-corrected chi connectivity index (χ2v) is 6.64. The molecule has 0 bridgehead atoms. The average molecular weight is 411 g/mol. The van der Waals surface area contributed by atoms with Crippen molar-refractivity contribution in [2.45, 2.75) is 19.1 Å². The smallest absolute Gasteiger partial charge is 0.343 e. The fourth-order valence-electron chi connectivity index (χ4n) is 3.01. The van der Waals surface area contributed by atoms with Crippen molar-refractivity contribution in [2.24, 2.45) is 0 Å². The molecule has 0 aliphatic rings. The van der Waals surface area contributed by atoms with Gasteiger partial charge in [0.15, 0.2) is 5.69 Å². The van der Waals surface area contributed by atoms with E-state index in [0.717, 1.165) is 11.6 Å². The Bertz CT molecular complexity index is 1190. The van der Waals surface area contributed by atoms with E-state index in [9.17, 15) is 18.0 Å². The van der Waals surface area contributed by atoms with Crippen LogP contribution in [-0.2, 0) is 6.18 Å². The zero-order valence-corrected chi connectivity index (χ0v) is 15.8. The first-order valence-electron chi connectivity index (χ1n) is 9.09. The molecule has 0 radical (unpaired) electrons. The number of rotatable bonds is 4. The molecule has 9 heteroatoms. The van der Waals surface area contributed by atoms with Crippen LogP contribution in [0.15, 0.2) is 66.7 Å². The molecule has 0 spiro atoms. The van der Waals surface area contributed by atoms with Gasteiger partial charge in [0.05, 0.1) is 11.7 Å². The molecule has 4 aromatic rings. The number of alkyl halides is 3. The Kier molecular flexibility index (Phi) is 4.94. The fraction of sp³-hybridized carbons (Fsp3) is 0.143. The summed E-state index contributed by atoms with van der Waals surface area (Å²) in [7, 11) is 0. The minimum absolute atomic E-state index is 0.0902. The summed E-state index contributed by atoms with van der Waals surface area (Å²) in [6.45, 7) is 1.76. The van der Waals surface area contributed by atoms with Gasteiger partial charge in [-0.15, -0.1) is 5.10 Å². The highest BCUT2D eigenvalue weighted by Gasteiger charge is 2.36. The van der Waals surface area contributed by atoms with E-state index in [-0.39, 0.29) is 23.3 Å². The van der Waals surface area contributed by atoms with Crippen LogP contribution in [0, 0.1) is 0 Å². The Morgan fingerprint density at radius 2 is 1.63 bits per heavy atom. The lowest BCUT2D eigenvalue weighted by Crippen LogP contribution is -2.27. The highest BCUT2D eigenvalue weighted by molar-refractivity contribution is 5.91. The predicted octanol–water partition coefficient (Wildman–Crippen LogP) is 4.30. The number of hydrogen-bond acceptors (Lipinski definition) is 4. The van der Waals surface area contributed by atoms with Crippen molar-refractivity contribution in [1.82, 2.24) is 24.9 Å². The molecule has 1 amide bonds. The Balaban J connectivity index is 1.73. The highest BCUT2D eigenvalue weighted by atomic mass is 19.4. The Labute approximate surface area is 169 Å². The predicted molar refractivity (Wildman–Crippen MR) is 104 cm³/mol. The number of hydrogen-bond donors (Lipinski definition) is 1. The summed E-state index contributed by atoms with van der Waals surface area (Å²) < 4.78 is 41.5. The summed E-state index contributed by atoms with van der Waals surface area (Å²) in [5.41, 5.74) is 0.369. The van der Waals surface area contributed by atoms with Crippen molar-refractivity contribution in [3.8, 4) is 11.3 Å². The quantitative estimate of drug-likeness (QED) is 0.544. The molecule has 0 aliphatic heterocycles. The minimum atomic E-state index is -4.70. The van der Waals surface area contributed by atoms with Crippen LogP contribution in [0.4, 0.5) is 13.2 Å². The molecule has 1 N–H and O–H groups in total. The Morgan fingerprint density at radius 1 is 1.00 bits per heavy atom. The number of benzene rings is 2. The molecule has 0 fully saturated rings. The maximum absolute atomic E-state index is 13.6. The lowest BCUT2D eigenvalue weighted by molar-refractivity contribution is -0.142. The molecule has 0 saturated carbocycles. The van der Waals surface area contributed by atoms with E-state index in [0.29, 0.717) is 10.1 Å². The topological polar surface area (TPSA) is 72.2 Å². The maximum Gasteiger partial charge on any atom is 0.433 e. The van der Waals surface area contributed by atoms with Crippen molar-refractivity contribution in [3.63, 3.8) is 0 Å². The summed E-state index contributed by atoms with van der Waals surface area (Å²) in [5.74, 6) is -1.38. The van der Waals surface area contributed by atoms with Gasteiger partial charge in [0.2, 0.25) is 5.82 Å². The van der Waals surface area contributed by atoms with Gasteiger partial charge in [-0.1, -0.05) is 60.7 Å². The zero-order chi connectivity index (χ0) is 21.3. The van der Waals surface area contributed by atoms with E-state index in [1.807, 2.05) is 30.3 Å². The summed E-state index contributed by atoms with van der Waals surface area (Å²) in [5, 5.41) is 6.46. The second-order valence-electron chi connectivity index (χ2n) is 6.64. The first-order valence-corrected chi connectivity index (χ1v) is 9.09. The van der Waals surface area contributed by atoms with Crippen molar-refractivity contribution >= 4 is 11.7 Å². The number of amides is 1. The largest absolute Gasteiger partial charge is 0.433 e. The van der Waals surface area contributed by atoms with Gasteiger partial charge in [0.25, 0.3) is 11.7 Å². The lowest BCUT2D eigenvalue weighted by Gasteiger charge is -2.12. The van der Waals surface area contributed by atoms with Crippen LogP contribution in [0.3, 0.4) is 0 Å². The van der Waals surface area contributed by atoms with Gasteiger partial charge in [-0.3, -0.25) is 4.79 Å². The molecule has 2 aromatic carbocycles. The van der Waals surface area contributed by atoms with Crippen LogP contribution < -0.4 is 5.32 Å². The number of fused-ring (bicyclic) bond motifs is 1. The molecular formula is C21H16F3N5O. The van der Waals surface area contributed by atoms with Gasteiger partial charge in [-0.2, -0.15) is 22.7 Å². The standard InChI is InChI=1S/C21H16F3N5O/c1-13(14-8-4-2-5-9-14)25-19(30)18-27-20-26-16(15-10-6-3-7-11-15)12-17(21(22,23)24)29(20)28-18/h2-13H,1H3,(H,25,30)/t13-/m0/s1. The van der Waals surface area contributed by atoms with E-state index >= 15 is 0 Å². The average Bonchev–Trinajstić information content (AvgIpc) is 3.18. The fourth-order valence-corrected chi connectivity index (χ4v) is 3.01. The summed E-state index contributed by atoms with van der Waals surface area (Å²) in [4.78, 5) is 20.7. The number of carbonyl (C=O) groups is 1. The molecule has 30 heavy (non-hydrogen) atoms. The third-order valence-electron chi connectivity index (χ3n) is 4.52. The van der Waals surface area contributed by atoms with E-state index in [1.165, 1.54) is 0 Å². The third-order valence-corrected chi connectivity index (χ3v) is 4.52. The lowest BCUT2D eigenvalue weighted by atomic mass is 10.1. The maximum atomic E-state index is 13.6. The summed E-state index contributed by atoms with van der Waals surface area (Å²) in [6, 6.07) is 18.1. The molecule has 0 saturated heterocycles. The van der Waals surface area contributed by atoms with E-state index in [4.69, 9.17) is 0 Å². The molecule has 2 heterocycles. The third kappa shape index (κ3) is 3.86. The number of carbonyl (C=O) groups excluding carboxylic acids is 1. The monoisotopic (exact) mass is 411 g/mol. The normalized spacial score (nSPS) is 12.7. The van der Waals surface area contributed by atoms with E-state index in [1.54, 1.807) is 37.3 Å². The minimum Gasteiger partial charge on any atom is -0.343 e. The van der Waals surface area contributed by atoms with Crippen LogP contribution in [0.2, 0.25) is 0 Å². The summed E-state index contributed by atoms with van der Waals surface area (Å²) >= 11 is 0. The van der Waals surface area contributed by atoms with E-state index < -0.39 is 17.8 Å². The molecule has 4 rings (SSSR count). The van der Waals surface area contributed by atoms with Crippen LogP contribution in [0.5, 0.6) is 0 Å².